The Balaban J connectivity index is 1.29. The number of aryl methyl sites for hydroxylation is 1. The third-order valence-electron chi connectivity index (χ3n) is 7.41. The van der Waals surface area contributed by atoms with E-state index >= 15 is 0 Å². The number of allylic oxidation sites excluding steroid dienone is 2. The second-order valence-corrected chi connectivity index (χ2v) is 9.69. The molecular weight excluding hydrogens is 384 g/mol. The Labute approximate surface area is 195 Å². The van der Waals surface area contributed by atoms with Crippen LogP contribution in [-0.4, -0.2) is 0 Å². The molecule has 0 heteroatoms. The Bertz CT molecular complexity index is 955. The average Bonchev–Trinajstić information content (AvgIpc) is 2.86. The molecule has 0 N–H and O–H groups in total. The van der Waals surface area contributed by atoms with Crippen LogP contribution in [0.4, 0.5) is 0 Å². The molecule has 0 aliphatic heterocycles. The van der Waals surface area contributed by atoms with E-state index in [4.69, 9.17) is 0 Å². The van der Waals surface area contributed by atoms with Crippen LogP contribution >= 0.6 is 0 Å². The second kappa shape index (κ2) is 11.3. The molecule has 1 fully saturated rings. The zero-order valence-corrected chi connectivity index (χ0v) is 19.8. The summed E-state index contributed by atoms with van der Waals surface area (Å²) in [4.78, 5) is 0. The summed E-state index contributed by atoms with van der Waals surface area (Å²) in [6.45, 7) is 4.49. The lowest BCUT2D eigenvalue weighted by Gasteiger charge is -2.30. The molecule has 166 valence electrons. The molecule has 0 radical (unpaired) electrons. The lowest BCUT2D eigenvalue weighted by Crippen LogP contribution is -2.15. The second-order valence-electron chi connectivity index (χ2n) is 9.69. The zero-order valence-electron chi connectivity index (χ0n) is 19.8. The van der Waals surface area contributed by atoms with Crippen LogP contribution in [0.5, 0.6) is 0 Å². The Morgan fingerprint density at radius 3 is 2.03 bits per heavy atom. The van der Waals surface area contributed by atoms with Gasteiger partial charge in [0.05, 0.1) is 0 Å². The highest BCUT2D eigenvalue weighted by Crippen LogP contribution is 2.40. The van der Waals surface area contributed by atoms with E-state index in [0.717, 1.165) is 24.7 Å². The van der Waals surface area contributed by atoms with E-state index in [-0.39, 0.29) is 0 Å². The smallest absolute Gasteiger partial charge is 0.0162 e. The molecule has 1 aliphatic carbocycles. The van der Waals surface area contributed by atoms with Crippen molar-refractivity contribution in [2.75, 3.05) is 0 Å². The van der Waals surface area contributed by atoms with Crippen molar-refractivity contribution in [3.05, 3.63) is 108 Å². The largest absolute Gasteiger partial charge is 0.0917 e. The van der Waals surface area contributed by atoms with Gasteiger partial charge in [0.25, 0.3) is 0 Å². The van der Waals surface area contributed by atoms with E-state index in [2.05, 4.69) is 105 Å². The maximum atomic E-state index is 2.40. The molecule has 4 rings (SSSR count). The third-order valence-corrected chi connectivity index (χ3v) is 7.41. The van der Waals surface area contributed by atoms with Gasteiger partial charge < -0.3 is 0 Å². The van der Waals surface area contributed by atoms with Crippen molar-refractivity contribution in [3.8, 4) is 11.1 Å². The van der Waals surface area contributed by atoms with Gasteiger partial charge in [-0.25, -0.2) is 0 Å². The molecule has 0 heterocycles. The first-order valence-corrected chi connectivity index (χ1v) is 12.6. The lowest BCUT2D eigenvalue weighted by atomic mass is 9.75. The molecule has 1 atom stereocenters. The monoisotopic (exact) mass is 422 g/mol. The van der Waals surface area contributed by atoms with E-state index in [9.17, 15) is 0 Å². The maximum absolute atomic E-state index is 2.40. The minimum Gasteiger partial charge on any atom is -0.0917 e. The van der Waals surface area contributed by atoms with Crippen LogP contribution in [0.1, 0.15) is 80.9 Å². The topological polar surface area (TPSA) is 0 Å². The Kier molecular flexibility index (Phi) is 7.99. The molecule has 0 aromatic heterocycles. The standard InChI is InChI=1S/C32H38/c1-3-4-6-9-26-12-16-29(17-13-26)31-20-22-32(23-21-31)30-18-14-27(15-19-30)24-25(2)28-10-7-5-8-11-28/h3-5,7-8,10-13,16-17,20-23,25,27,30H,6,9,14-15,18-19,24H2,1-2H3/b4-3+/t25-,27?,30?/m0/s1. The predicted molar refractivity (Wildman–Crippen MR) is 139 cm³/mol. The molecule has 0 saturated heterocycles. The summed E-state index contributed by atoms with van der Waals surface area (Å²) in [6, 6.07) is 29.6. The summed E-state index contributed by atoms with van der Waals surface area (Å²) >= 11 is 0. The van der Waals surface area contributed by atoms with Crippen molar-refractivity contribution in [1.29, 1.82) is 0 Å². The highest BCUT2D eigenvalue weighted by atomic mass is 14.3. The van der Waals surface area contributed by atoms with Crippen molar-refractivity contribution in [3.63, 3.8) is 0 Å². The van der Waals surface area contributed by atoms with Crippen molar-refractivity contribution in [1.82, 2.24) is 0 Å². The van der Waals surface area contributed by atoms with Crippen LogP contribution in [0.15, 0.2) is 91.0 Å². The number of benzene rings is 3. The summed E-state index contributed by atoms with van der Waals surface area (Å²) in [6.07, 6.45) is 13.4. The van der Waals surface area contributed by atoms with Gasteiger partial charge in [0.15, 0.2) is 0 Å². The van der Waals surface area contributed by atoms with Gasteiger partial charge in [-0.2, -0.15) is 0 Å². The molecule has 0 amide bonds. The van der Waals surface area contributed by atoms with Gasteiger partial charge in [-0.1, -0.05) is 97.9 Å². The van der Waals surface area contributed by atoms with E-state index in [1.165, 1.54) is 59.9 Å². The van der Waals surface area contributed by atoms with E-state index in [1.807, 2.05) is 0 Å². The highest BCUT2D eigenvalue weighted by Gasteiger charge is 2.24. The molecule has 1 saturated carbocycles. The van der Waals surface area contributed by atoms with Crippen LogP contribution < -0.4 is 0 Å². The molecule has 1 aliphatic rings. The minimum atomic E-state index is 0.673. The Hall–Kier alpha value is -2.60. The first kappa shape index (κ1) is 22.6. The quantitative estimate of drug-likeness (QED) is 0.317. The van der Waals surface area contributed by atoms with Crippen LogP contribution in [0, 0.1) is 5.92 Å². The first-order chi connectivity index (χ1) is 15.7. The molecule has 3 aromatic rings. The van der Waals surface area contributed by atoms with Gasteiger partial charge in [-0.05, 0) is 97.4 Å². The molecular formula is C32H38. The fourth-order valence-corrected chi connectivity index (χ4v) is 5.38. The summed E-state index contributed by atoms with van der Waals surface area (Å²) < 4.78 is 0. The Morgan fingerprint density at radius 2 is 1.41 bits per heavy atom. The third kappa shape index (κ3) is 6.00. The average molecular weight is 423 g/mol. The molecule has 0 bridgehead atoms. The van der Waals surface area contributed by atoms with Gasteiger partial charge in [0, 0.05) is 0 Å². The van der Waals surface area contributed by atoms with Gasteiger partial charge >= 0.3 is 0 Å². The first-order valence-electron chi connectivity index (χ1n) is 12.6. The lowest BCUT2D eigenvalue weighted by molar-refractivity contribution is 0.297. The SMILES string of the molecule is C/C=C/CCc1ccc(-c2ccc(C3CCC(C[C@H](C)c4ccccc4)CC3)cc2)cc1. The minimum absolute atomic E-state index is 0.673. The van der Waals surface area contributed by atoms with Crippen LogP contribution in [0.25, 0.3) is 11.1 Å². The zero-order chi connectivity index (χ0) is 22.2. The van der Waals surface area contributed by atoms with E-state index < -0.39 is 0 Å². The highest BCUT2D eigenvalue weighted by molar-refractivity contribution is 5.64. The van der Waals surface area contributed by atoms with Crippen LogP contribution in [0.3, 0.4) is 0 Å². The predicted octanol–water partition coefficient (Wildman–Crippen LogP) is 9.33. The number of hydrogen-bond acceptors (Lipinski definition) is 0. The molecule has 32 heavy (non-hydrogen) atoms. The van der Waals surface area contributed by atoms with Crippen molar-refractivity contribution < 1.29 is 0 Å². The van der Waals surface area contributed by atoms with Gasteiger partial charge in [0.1, 0.15) is 0 Å². The van der Waals surface area contributed by atoms with Gasteiger partial charge in [-0.3, -0.25) is 0 Å². The van der Waals surface area contributed by atoms with Crippen LogP contribution in [0.2, 0.25) is 0 Å². The summed E-state index contributed by atoms with van der Waals surface area (Å²) in [5.41, 5.74) is 7.10. The summed E-state index contributed by atoms with van der Waals surface area (Å²) in [5.74, 6) is 2.29. The summed E-state index contributed by atoms with van der Waals surface area (Å²) in [7, 11) is 0. The molecule has 0 nitrogen and oxygen atoms in total. The van der Waals surface area contributed by atoms with Crippen LogP contribution in [-0.2, 0) is 6.42 Å². The molecule has 0 spiro atoms. The van der Waals surface area contributed by atoms with Gasteiger partial charge in [0.2, 0.25) is 0 Å². The number of hydrogen-bond donors (Lipinski definition) is 0. The summed E-state index contributed by atoms with van der Waals surface area (Å²) in [5, 5.41) is 0. The number of rotatable bonds is 8. The maximum Gasteiger partial charge on any atom is -0.0162 e. The van der Waals surface area contributed by atoms with Crippen molar-refractivity contribution >= 4 is 0 Å². The van der Waals surface area contributed by atoms with Crippen molar-refractivity contribution in [2.24, 2.45) is 5.92 Å². The van der Waals surface area contributed by atoms with Crippen molar-refractivity contribution in [2.45, 2.75) is 70.6 Å². The normalized spacial score (nSPS) is 19.8. The van der Waals surface area contributed by atoms with E-state index in [0.29, 0.717) is 5.92 Å². The van der Waals surface area contributed by atoms with Gasteiger partial charge in [-0.15, -0.1) is 0 Å². The fourth-order valence-electron chi connectivity index (χ4n) is 5.38. The van der Waals surface area contributed by atoms with E-state index in [1.54, 1.807) is 0 Å². The fraction of sp³-hybridized carbons (Fsp3) is 0.375. The molecule has 0 unspecified atom stereocenters. The molecule has 3 aromatic carbocycles. The Morgan fingerprint density at radius 1 is 0.781 bits per heavy atom.